The van der Waals surface area contributed by atoms with E-state index >= 15 is 0 Å². The Hall–Kier alpha value is -1.43. The lowest BCUT2D eigenvalue weighted by atomic mass is 10.1. The predicted octanol–water partition coefficient (Wildman–Crippen LogP) is 2.47. The first-order valence-electron chi connectivity index (χ1n) is 5.26. The third kappa shape index (κ3) is 4.14. The maximum absolute atomic E-state index is 12.3. The molecule has 1 aromatic rings. The fraction of sp³-hybridized carbons (Fsp3) is 0.455. The summed E-state index contributed by atoms with van der Waals surface area (Å²) in [6.07, 6.45) is -2.99. The second-order valence-electron chi connectivity index (χ2n) is 3.66. The Morgan fingerprint density at radius 1 is 1.24 bits per heavy atom. The molecule has 17 heavy (non-hydrogen) atoms. The van der Waals surface area contributed by atoms with E-state index in [-0.39, 0.29) is 12.3 Å². The summed E-state index contributed by atoms with van der Waals surface area (Å²) in [6.45, 7) is 0.667. The van der Waals surface area contributed by atoms with Crippen molar-refractivity contribution < 1.29 is 18.3 Å². The maximum atomic E-state index is 12.3. The summed E-state index contributed by atoms with van der Waals surface area (Å²) in [4.78, 5) is 0. The van der Waals surface area contributed by atoms with E-state index in [2.05, 4.69) is 5.32 Å². The Morgan fingerprint density at radius 2 is 1.94 bits per heavy atom. The van der Waals surface area contributed by atoms with Crippen LogP contribution in [-0.4, -0.2) is 18.3 Å². The molecule has 1 rings (SSSR count). The largest absolute Gasteiger partial charge is 0.416 e. The average molecular weight is 248 g/mol. The number of alkyl halides is 3. The number of aliphatic hydroxyl groups excluding tert-OH is 1. The van der Waals surface area contributed by atoms with Gasteiger partial charge in [0.15, 0.2) is 0 Å². The van der Waals surface area contributed by atoms with Gasteiger partial charge in [-0.05, 0) is 31.0 Å². The molecule has 6 heteroatoms. The quantitative estimate of drug-likeness (QED) is 0.554. The fourth-order valence-electron chi connectivity index (χ4n) is 1.36. The molecule has 96 valence electrons. The van der Waals surface area contributed by atoms with Crippen molar-refractivity contribution in [3.05, 3.63) is 23.8 Å². The Kier molecular flexibility index (Phi) is 4.62. The second-order valence-corrected chi connectivity index (χ2v) is 3.66. The van der Waals surface area contributed by atoms with E-state index in [4.69, 9.17) is 10.8 Å². The fourth-order valence-corrected chi connectivity index (χ4v) is 1.36. The van der Waals surface area contributed by atoms with Crippen LogP contribution in [0, 0.1) is 0 Å². The summed E-state index contributed by atoms with van der Waals surface area (Å²) in [7, 11) is 0. The van der Waals surface area contributed by atoms with Crippen LogP contribution in [0.15, 0.2) is 18.2 Å². The predicted molar refractivity (Wildman–Crippen MR) is 60.7 cm³/mol. The van der Waals surface area contributed by atoms with Crippen LogP contribution in [0.25, 0.3) is 0 Å². The highest BCUT2D eigenvalue weighted by atomic mass is 19.4. The van der Waals surface area contributed by atoms with Crippen molar-refractivity contribution in [2.45, 2.75) is 19.0 Å². The first-order chi connectivity index (χ1) is 7.95. The molecule has 0 fully saturated rings. The topological polar surface area (TPSA) is 58.3 Å². The van der Waals surface area contributed by atoms with Gasteiger partial charge >= 0.3 is 6.18 Å². The van der Waals surface area contributed by atoms with Gasteiger partial charge < -0.3 is 16.2 Å². The number of aliphatic hydroxyl groups is 1. The molecule has 0 radical (unpaired) electrons. The standard InChI is InChI=1S/C11H15F3N2O/c12-11(13,14)8-3-4-10(9(15)7-8)16-5-1-2-6-17/h3-4,7,16-17H,1-2,5-6,15H2. The van der Waals surface area contributed by atoms with Crippen molar-refractivity contribution in [2.75, 3.05) is 24.2 Å². The molecular weight excluding hydrogens is 233 g/mol. The number of benzene rings is 1. The summed E-state index contributed by atoms with van der Waals surface area (Å²) < 4.78 is 37.0. The first-order valence-corrected chi connectivity index (χ1v) is 5.26. The summed E-state index contributed by atoms with van der Waals surface area (Å²) >= 11 is 0. The van der Waals surface area contributed by atoms with Crippen LogP contribution in [0.1, 0.15) is 18.4 Å². The third-order valence-electron chi connectivity index (χ3n) is 2.28. The SMILES string of the molecule is Nc1cc(C(F)(F)F)ccc1NCCCCO. The highest BCUT2D eigenvalue weighted by molar-refractivity contribution is 5.67. The summed E-state index contributed by atoms with van der Waals surface area (Å²) in [6, 6.07) is 3.22. The van der Waals surface area contributed by atoms with Gasteiger partial charge in [-0.3, -0.25) is 0 Å². The van der Waals surface area contributed by atoms with Crippen LogP contribution in [-0.2, 0) is 6.18 Å². The van der Waals surface area contributed by atoms with Crippen molar-refractivity contribution in [2.24, 2.45) is 0 Å². The van der Waals surface area contributed by atoms with Crippen LogP contribution < -0.4 is 11.1 Å². The van der Waals surface area contributed by atoms with Crippen molar-refractivity contribution in [1.82, 2.24) is 0 Å². The van der Waals surface area contributed by atoms with Crippen LogP contribution in [0.3, 0.4) is 0 Å². The Morgan fingerprint density at radius 3 is 2.47 bits per heavy atom. The van der Waals surface area contributed by atoms with Crippen LogP contribution in [0.2, 0.25) is 0 Å². The van der Waals surface area contributed by atoms with E-state index in [1.165, 1.54) is 6.07 Å². The zero-order valence-corrected chi connectivity index (χ0v) is 9.22. The Bertz CT molecular complexity index is 366. The molecule has 0 aromatic heterocycles. The number of hydrogen-bond donors (Lipinski definition) is 3. The van der Waals surface area contributed by atoms with E-state index in [0.29, 0.717) is 18.7 Å². The van der Waals surface area contributed by atoms with Crippen molar-refractivity contribution in [3.8, 4) is 0 Å². The zero-order chi connectivity index (χ0) is 12.9. The summed E-state index contributed by atoms with van der Waals surface area (Å²) in [5.41, 5.74) is 5.32. The van der Waals surface area contributed by atoms with E-state index < -0.39 is 11.7 Å². The van der Waals surface area contributed by atoms with E-state index in [1.54, 1.807) is 0 Å². The highest BCUT2D eigenvalue weighted by Crippen LogP contribution is 2.32. The molecule has 0 heterocycles. The number of nitrogens with two attached hydrogens (primary N) is 1. The number of halogens is 3. The van der Waals surface area contributed by atoms with Crippen LogP contribution in [0.5, 0.6) is 0 Å². The molecule has 0 aliphatic heterocycles. The number of unbranched alkanes of at least 4 members (excludes halogenated alkanes) is 1. The maximum Gasteiger partial charge on any atom is 0.416 e. The summed E-state index contributed by atoms with van der Waals surface area (Å²) in [5.74, 6) is 0. The molecular formula is C11H15F3N2O. The van der Waals surface area contributed by atoms with Gasteiger partial charge in [0.2, 0.25) is 0 Å². The Labute approximate surface area is 97.4 Å². The number of rotatable bonds is 5. The minimum atomic E-state index is -4.37. The van der Waals surface area contributed by atoms with Gasteiger partial charge in [-0.15, -0.1) is 0 Å². The van der Waals surface area contributed by atoms with Gasteiger partial charge in [-0.1, -0.05) is 0 Å². The van der Waals surface area contributed by atoms with Crippen LogP contribution in [0.4, 0.5) is 24.5 Å². The Balaban J connectivity index is 2.64. The normalized spacial score (nSPS) is 11.5. The molecule has 0 unspecified atom stereocenters. The molecule has 3 nitrogen and oxygen atoms in total. The molecule has 0 aliphatic carbocycles. The van der Waals surface area contributed by atoms with Gasteiger partial charge in [0.05, 0.1) is 16.9 Å². The lowest BCUT2D eigenvalue weighted by molar-refractivity contribution is -0.137. The van der Waals surface area contributed by atoms with Crippen LogP contribution >= 0.6 is 0 Å². The first kappa shape index (κ1) is 13.6. The number of hydrogen-bond acceptors (Lipinski definition) is 3. The average Bonchev–Trinajstić information content (AvgIpc) is 2.24. The molecule has 1 aromatic carbocycles. The zero-order valence-electron chi connectivity index (χ0n) is 9.22. The van der Waals surface area contributed by atoms with E-state index in [9.17, 15) is 13.2 Å². The van der Waals surface area contributed by atoms with E-state index in [0.717, 1.165) is 18.6 Å². The van der Waals surface area contributed by atoms with Gasteiger partial charge in [0.1, 0.15) is 0 Å². The molecule has 0 saturated heterocycles. The van der Waals surface area contributed by atoms with Gasteiger partial charge in [0.25, 0.3) is 0 Å². The molecule has 0 atom stereocenters. The minimum absolute atomic E-state index is 0.0730. The smallest absolute Gasteiger partial charge is 0.397 e. The molecule has 0 aliphatic rings. The third-order valence-corrected chi connectivity index (χ3v) is 2.28. The molecule has 0 saturated carbocycles. The number of anilines is 2. The monoisotopic (exact) mass is 248 g/mol. The van der Waals surface area contributed by atoms with Gasteiger partial charge in [0, 0.05) is 13.2 Å². The van der Waals surface area contributed by atoms with Crippen molar-refractivity contribution in [3.63, 3.8) is 0 Å². The number of nitrogens with one attached hydrogen (secondary N) is 1. The molecule has 0 amide bonds. The second kappa shape index (κ2) is 5.77. The molecule has 4 N–H and O–H groups in total. The highest BCUT2D eigenvalue weighted by Gasteiger charge is 2.30. The molecule has 0 bridgehead atoms. The minimum Gasteiger partial charge on any atom is -0.397 e. The number of nitrogen functional groups attached to an aromatic ring is 1. The lowest BCUT2D eigenvalue weighted by Crippen LogP contribution is -2.08. The molecule has 0 spiro atoms. The lowest BCUT2D eigenvalue weighted by Gasteiger charge is -2.12. The summed E-state index contributed by atoms with van der Waals surface area (Å²) in [5, 5.41) is 11.5. The van der Waals surface area contributed by atoms with E-state index in [1.807, 2.05) is 0 Å². The van der Waals surface area contributed by atoms with Crippen molar-refractivity contribution in [1.29, 1.82) is 0 Å². The van der Waals surface area contributed by atoms with Crippen molar-refractivity contribution >= 4 is 11.4 Å². The van der Waals surface area contributed by atoms with Gasteiger partial charge in [-0.2, -0.15) is 13.2 Å². The van der Waals surface area contributed by atoms with Gasteiger partial charge in [-0.25, -0.2) is 0 Å².